The molecule has 0 atom stereocenters. The monoisotopic (exact) mass is 408 g/mol. The number of thioether (sulfide) groups is 1. The van der Waals surface area contributed by atoms with Crippen LogP contribution in [0.2, 0.25) is 0 Å². The number of carbonyl (C=O) groups excluding carboxylic acids is 1. The Morgan fingerprint density at radius 1 is 1.11 bits per heavy atom. The minimum atomic E-state index is -3.70. The lowest BCUT2D eigenvalue weighted by Crippen LogP contribution is -2.39. The number of nitrogens with zero attached hydrogens (tertiary/aromatic N) is 1. The van der Waals surface area contributed by atoms with Crippen LogP contribution in [-0.4, -0.2) is 51.6 Å². The van der Waals surface area contributed by atoms with Crippen molar-refractivity contribution in [3.05, 3.63) is 54.1 Å². The van der Waals surface area contributed by atoms with Gasteiger partial charge in [0, 0.05) is 11.9 Å². The summed E-state index contributed by atoms with van der Waals surface area (Å²) in [5, 5.41) is 2.66. The predicted molar refractivity (Wildman–Crippen MR) is 108 cm³/mol. The molecule has 0 spiro atoms. The molecule has 0 heterocycles. The SMILES string of the molecule is CSc1ccc(S(=O)(=O)N(C)CC(=O)NCCOc2ccc(C)cc2)cc1. The highest BCUT2D eigenvalue weighted by Crippen LogP contribution is 2.19. The van der Waals surface area contributed by atoms with Gasteiger partial charge in [-0.1, -0.05) is 17.7 Å². The second kappa shape index (κ2) is 9.77. The molecule has 0 fully saturated rings. The van der Waals surface area contributed by atoms with Crippen LogP contribution in [0.1, 0.15) is 5.56 Å². The normalized spacial score (nSPS) is 11.4. The van der Waals surface area contributed by atoms with Gasteiger partial charge >= 0.3 is 0 Å². The number of carbonyl (C=O) groups is 1. The minimum absolute atomic E-state index is 0.165. The van der Waals surface area contributed by atoms with E-state index in [4.69, 9.17) is 4.74 Å². The summed E-state index contributed by atoms with van der Waals surface area (Å²) in [6.07, 6.45) is 1.92. The molecule has 1 amide bonds. The number of nitrogens with one attached hydrogen (secondary N) is 1. The molecule has 0 bridgehead atoms. The van der Waals surface area contributed by atoms with Crippen molar-refractivity contribution in [1.29, 1.82) is 0 Å². The first-order chi connectivity index (χ1) is 12.8. The molecule has 0 saturated carbocycles. The maximum atomic E-state index is 12.5. The van der Waals surface area contributed by atoms with Crippen molar-refractivity contribution in [1.82, 2.24) is 9.62 Å². The Balaban J connectivity index is 1.80. The summed E-state index contributed by atoms with van der Waals surface area (Å²) in [6.45, 7) is 2.34. The number of likely N-dealkylation sites (N-methyl/N-ethyl adjacent to an activating group) is 1. The number of hydrogen-bond donors (Lipinski definition) is 1. The first kappa shape index (κ1) is 21.3. The van der Waals surface area contributed by atoms with Gasteiger partial charge in [0.1, 0.15) is 12.4 Å². The number of sulfonamides is 1. The number of benzene rings is 2. The van der Waals surface area contributed by atoms with Gasteiger partial charge in [0.2, 0.25) is 15.9 Å². The summed E-state index contributed by atoms with van der Waals surface area (Å²) in [4.78, 5) is 13.2. The van der Waals surface area contributed by atoms with Gasteiger partial charge in [0.15, 0.2) is 0 Å². The van der Waals surface area contributed by atoms with Crippen LogP contribution in [0.5, 0.6) is 5.75 Å². The third-order valence-corrected chi connectivity index (χ3v) is 6.41. The van der Waals surface area contributed by atoms with Gasteiger partial charge in [0.25, 0.3) is 0 Å². The number of hydrogen-bond acceptors (Lipinski definition) is 5. The summed E-state index contributed by atoms with van der Waals surface area (Å²) in [7, 11) is -2.32. The Morgan fingerprint density at radius 2 is 1.74 bits per heavy atom. The topological polar surface area (TPSA) is 75.7 Å². The second-order valence-corrected chi connectivity index (χ2v) is 8.87. The molecular formula is C19H24N2O4S2. The van der Waals surface area contributed by atoms with Crippen LogP contribution in [0, 0.1) is 6.92 Å². The quantitative estimate of drug-likeness (QED) is 0.510. The molecule has 0 aliphatic heterocycles. The lowest BCUT2D eigenvalue weighted by atomic mass is 10.2. The Kier molecular flexibility index (Phi) is 7.70. The number of aryl methyl sites for hydroxylation is 1. The molecule has 146 valence electrons. The van der Waals surface area contributed by atoms with Crippen molar-refractivity contribution in [3.8, 4) is 5.75 Å². The summed E-state index contributed by atoms with van der Waals surface area (Å²) < 4.78 is 31.6. The molecule has 6 nitrogen and oxygen atoms in total. The fourth-order valence-corrected chi connectivity index (χ4v) is 3.80. The summed E-state index contributed by atoms with van der Waals surface area (Å²) in [5.74, 6) is 0.345. The Labute approximate surface area is 165 Å². The van der Waals surface area contributed by atoms with Gasteiger partial charge in [-0.2, -0.15) is 4.31 Å². The Bertz CT molecular complexity index is 850. The summed E-state index contributed by atoms with van der Waals surface area (Å²) >= 11 is 1.53. The number of ether oxygens (including phenoxy) is 1. The fourth-order valence-electron chi connectivity index (χ4n) is 2.26. The lowest BCUT2D eigenvalue weighted by molar-refractivity contribution is -0.121. The molecule has 0 unspecified atom stereocenters. The van der Waals surface area contributed by atoms with Crippen LogP contribution < -0.4 is 10.1 Å². The maximum absolute atomic E-state index is 12.5. The Hall–Kier alpha value is -2.03. The molecule has 0 saturated heterocycles. The molecule has 0 aliphatic carbocycles. The molecule has 0 aromatic heterocycles. The highest BCUT2D eigenvalue weighted by molar-refractivity contribution is 7.98. The van der Waals surface area contributed by atoms with E-state index in [1.54, 1.807) is 24.3 Å². The fraction of sp³-hybridized carbons (Fsp3) is 0.316. The first-order valence-electron chi connectivity index (χ1n) is 8.39. The van der Waals surface area contributed by atoms with E-state index in [0.717, 1.165) is 20.5 Å². The van der Waals surface area contributed by atoms with Gasteiger partial charge in [-0.3, -0.25) is 4.79 Å². The number of amides is 1. The smallest absolute Gasteiger partial charge is 0.243 e. The molecule has 2 aromatic rings. The minimum Gasteiger partial charge on any atom is -0.492 e. The zero-order valence-corrected chi connectivity index (χ0v) is 17.3. The predicted octanol–water partition coefficient (Wildman–Crippen LogP) is 2.53. The van der Waals surface area contributed by atoms with Crippen molar-refractivity contribution in [3.63, 3.8) is 0 Å². The molecule has 0 aliphatic rings. The van der Waals surface area contributed by atoms with Gasteiger partial charge in [-0.15, -0.1) is 11.8 Å². The summed E-state index contributed by atoms with van der Waals surface area (Å²) in [6, 6.07) is 14.2. The van der Waals surface area contributed by atoms with Crippen LogP contribution in [0.3, 0.4) is 0 Å². The van der Waals surface area contributed by atoms with E-state index >= 15 is 0 Å². The largest absolute Gasteiger partial charge is 0.492 e. The zero-order valence-electron chi connectivity index (χ0n) is 15.6. The number of rotatable bonds is 9. The van der Waals surface area contributed by atoms with E-state index in [2.05, 4.69) is 5.32 Å². The molecule has 27 heavy (non-hydrogen) atoms. The molecule has 2 rings (SSSR count). The van der Waals surface area contributed by atoms with Gasteiger partial charge in [-0.05, 0) is 49.6 Å². The van der Waals surface area contributed by atoms with E-state index in [-0.39, 0.29) is 17.3 Å². The highest BCUT2D eigenvalue weighted by Gasteiger charge is 2.22. The molecule has 8 heteroatoms. The van der Waals surface area contributed by atoms with Crippen molar-refractivity contribution < 1.29 is 17.9 Å². The van der Waals surface area contributed by atoms with Crippen molar-refractivity contribution >= 4 is 27.7 Å². The van der Waals surface area contributed by atoms with Gasteiger partial charge in [-0.25, -0.2) is 8.42 Å². The highest BCUT2D eigenvalue weighted by atomic mass is 32.2. The van der Waals surface area contributed by atoms with E-state index in [1.165, 1.54) is 18.8 Å². The van der Waals surface area contributed by atoms with Crippen molar-refractivity contribution in [2.75, 3.05) is 33.0 Å². The average molecular weight is 409 g/mol. The van der Waals surface area contributed by atoms with Crippen LogP contribution in [0.15, 0.2) is 58.3 Å². The van der Waals surface area contributed by atoms with Gasteiger partial charge < -0.3 is 10.1 Å². The van der Waals surface area contributed by atoms with Crippen LogP contribution in [0.25, 0.3) is 0 Å². The average Bonchev–Trinajstić information content (AvgIpc) is 2.66. The van der Waals surface area contributed by atoms with Crippen molar-refractivity contribution in [2.45, 2.75) is 16.7 Å². The van der Waals surface area contributed by atoms with E-state index in [1.807, 2.05) is 37.4 Å². The maximum Gasteiger partial charge on any atom is 0.243 e. The lowest BCUT2D eigenvalue weighted by Gasteiger charge is -2.17. The molecule has 0 radical (unpaired) electrons. The zero-order chi connectivity index (χ0) is 19.9. The molecular weight excluding hydrogens is 384 g/mol. The standard InChI is InChI=1S/C19H24N2O4S2/c1-15-4-6-16(7-5-15)25-13-12-20-19(22)14-21(2)27(23,24)18-10-8-17(26-3)9-11-18/h4-11H,12-14H2,1-3H3,(H,20,22). The third kappa shape index (κ3) is 6.27. The van der Waals surface area contributed by atoms with Crippen LogP contribution >= 0.6 is 11.8 Å². The van der Waals surface area contributed by atoms with E-state index in [0.29, 0.717) is 13.2 Å². The van der Waals surface area contributed by atoms with Gasteiger partial charge in [0.05, 0.1) is 18.0 Å². The first-order valence-corrected chi connectivity index (χ1v) is 11.1. The van der Waals surface area contributed by atoms with Crippen LogP contribution in [-0.2, 0) is 14.8 Å². The van der Waals surface area contributed by atoms with Crippen molar-refractivity contribution in [2.24, 2.45) is 0 Å². The second-order valence-electron chi connectivity index (χ2n) is 5.95. The summed E-state index contributed by atoms with van der Waals surface area (Å²) in [5.41, 5.74) is 1.14. The third-order valence-electron chi connectivity index (χ3n) is 3.85. The van der Waals surface area contributed by atoms with E-state index < -0.39 is 10.0 Å². The van der Waals surface area contributed by atoms with Crippen LogP contribution in [0.4, 0.5) is 0 Å². The van der Waals surface area contributed by atoms with E-state index in [9.17, 15) is 13.2 Å². The molecule has 1 N–H and O–H groups in total. The Morgan fingerprint density at radius 3 is 2.33 bits per heavy atom. The molecule has 2 aromatic carbocycles.